The fourth-order valence-electron chi connectivity index (χ4n) is 2.07. The van der Waals surface area contributed by atoms with E-state index >= 15 is 0 Å². The fraction of sp³-hybridized carbons (Fsp3) is 0.250. The predicted octanol–water partition coefficient (Wildman–Crippen LogP) is 3.70. The van der Waals surface area contributed by atoms with Crippen molar-refractivity contribution in [3.63, 3.8) is 0 Å². The first-order valence-electron chi connectivity index (χ1n) is 6.52. The van der Waals surface area contributed by atoms with Crippen molar-refractivity contribution < 1.29 is 0 Å². The topological polar surface area (TPSA) is 39.9 Å². The molecule has 0 atom stereocenters. The quantitative estimate of drug-likeness (QED) is 0.784. The molecule has 0 amide bonds. The van der Waals surface area contributed by atoms with Crippen molar-refractivity contribution in [3.05, 3.63) is 53.9 Å². The van der Waals surface area contributed by atoms with Crippen LogP contribution in [0.3, 0.4) is 0 Å². The summed E-state index contributed by atoms with van der Waals surface area (Å²) >= 11 is 1.71. The highest BCUT2D eigenvalue weighted by Crippen LogP contribution is 2.30. The molecule has 0 saturated carbocycles. The van der Waals surface area contributed by atoms with E-state index in [1.54, 1.807) is 24.2 Å². The summed E-state index contributed by atoms with van der Waals surface area (Å²) in [7, 11) is 2.01. The molecule has 102 valence electrons. The molecule has 0 spiro atoms. The summed E-state index contributed by atoms with van der Waals surface area (Å²) in [6, 6.07) is 12.3. The second-order valence-corrected chi connectivity index (χ2v) is 5.71. The molecular formula is C16H17N3S. The van der Waals surface area contributed by atoms with E-state index in [0.29, 0.717) is 0 Å². The Kier molecular flexibility index (Phi) is 5.03. The summed E-state index contributed by atoms with van der Waals surface area (Å²) < 4.78 is 0. The van der Waals surface area contributed by atoms with Crippen molar-refractivity contribution in [3.8, 4) is 6.07 Å². The standard InChI is InChI=1S/C16H17N3S/c1-3-20-16-6-4-5-15(14(16)11-17)19(2)12-13-7-9-18-10-8-13/h4-10H,3,12H2,1-2H3. The van der Waals surface area contributed by atoms with E-state index in [9.17, 15) is 5.26 Å². The molecule has 20 heavy (non-hydrogen) atoms. The van der Waals surface area contributed by atoms with E-state index in [0.717, 1.165) is 28.4 Å². The van der Waals surface area contributed by atoms with Gasteiger partial charge in [0, 0.05) is 30.9 Å². The molecule has 4 heteroatoms. The Morgan fingerprint density at radius 3 is 2.65 bits per heavy atom. The Hall–Kier alpha value is -1.99. The van der Waals surface area contributed by atoms with Gasteiger partial charge in [0.1, 0.15) is 6.07 Å². The predicted molar refractivity (Wildman–Crippen MR) is 83.9 cm³/mol. The van der Waals surface area contributed by atoms with Gasteiger partial charge < -0.3 is 4.90 Å². The summed E-state index contributed by atoms with van der Waals surface area (Å²) in [5, 5.41) is 9.44. The summed E-state index contributed by atoms with van der Waals surface area (Å²) in [4.78, 5) is 7.18. The van der Waals surface area contributed by atoms with Gasteiger partial charge in [-0.1, -0.05) is 13.0 Å². The van der Waals surface area contributed by atoms with E-state index in [1.165, 1.54) is 5.56 Å². The molecule has 1 aromatic carbocycles. The van der Waals surface area contributed by atoms with Crippen molar-refractivity contribution in [1.29, 1.82) is 5.26 Å². The molecule has 0 unspecified atom stereocenters. The minimum Gasteiger partial charge on any atom is -0.369 e. The Bertz CT molecular complexity index is 605. The normalized spacial score (nSPS) is 10.1. The van der Waals surface area contributed by atoms with E-state index in [-0.39, 0.29) is 0 Å². The lowest BCUT2D eigenvalue weighted by atomic mass is 10.1. The van der Waals surface area contributed by atoms with E-state index in [1.807, 2.05) is 37.4 Å². The van der Waals surface area contributed by atoms with Crippen LogP contribution in [0.15, 0.2) is 47.6 Å². The van der Waals surface area contributed by atoms with Crippen LogP contribution in [0.2, 0.25) is 0 Å². The van der Waals surface area contributed by atoms with Gasteiger partial charge >= 0.3 is 0 Å². The second kappa shape index (κ2) is 6.97. The Labute approximate surface area is 124 Å². The number of thioether (sulfide) groups is 1. The average molecular weight is 283 g/mol. The maximum atomic E-state index is 9.44. The molecule has 2 rings (SSSR count). The summed E-state index contributed by atoms with van der Waals surface area (Å²) in [5.41, 5.74) is 2.92. The molecule has 0 aliphatic rings. The third kappa shape index (κ3) is 3.31. The molecule has 2 aromatic rings. The van der Waals surface area contributed by atoms with Gasteiger partial charge in [0.2, 0.25) is 0 Å². The van der Waals surface area contributed by atoms with Crippen LogP contribution in [0.5, 0.6) is 0 Å². The Morgan fingerprint density at radius 2 is 2.00 bits per heavy atom. The van der Waals surface area contributed by atoms with Crippen LogP contribution in [0.25, 0.3) is 0 Å². The van der Waals surface area contributed by atoms with Crippen LogP contribution in [0.1, 0.15) is 18.1 Å². The molecule has 0 aliphatic carbocycles. The van der Waals surface area contributed by atoms with Crippen molar-refractivity contribution in [1.82, 2.24) is 4.98 Å². The van der Waals surface area contributed by atoms with Gasteiger partial charge in [-0.15, -0.1) is 11.8 Å². The lowest BCUT2D eigenvalue weighted by molar-refractivity contribution is 0.914. The minimum absolute atomic E-state index is 0.760. The minimum atomic E-state index is 0.760. The summed E-state index contributed by atoms with van der Waals surface area (Å²) in [6.45, 7) is 2.86. The van der Waals surface area contributed by atoms with Gasteiger partial charge in [0.05, 0.1) is 11.3 Å². The molecule has 3 nitrogen and oxygen atoms in total. The van der Waals surface area contributed by atoms with Crippen molar-refractivity contribution in [2.24, 2.45) is 0 Å². The number of hydrogen-bond acceptors (Lipinski definition) is 4. The summed E-state index contributed by atoms with van der Waals surface area (Å²) in [5.74, 6) is 0.964. The molecule has 1 aromatic heterocycles. The Balaban J connectivity index is 2.28. The first-order chi connectivity index (χ1) is 9.76. The number of hydrogen-bond donors (Lipinski definition) is 0. The third-order valence-corrected chi connectivity index (χ3v) is 3.94. The molecule has 0 radical (unpaired) electrons. The highest BCUT2D eigenvalue weighted by Gasteiger charge is 2.12. The van der Waals surface area contributed by atoms with Crippen molar-refractivity contribution in [2.45, 2.75) is 18.4 Å². The zero-order valence-corrected chi connectivity index (χ0v) is 12.5. The van der Waals surface area contributed by atoms with E-state index in [2.05, 4.69) is 22.9 Å². The SMILES string of the molecule is CCSc1cccc(N(C)Cc2ccncc2)c1C#N. The van der Waals surface area contributed by atoms with Gasteiger partial charge in [0.25, 0.3) is 0 Å². The second-order valence-electron chi connectivity index (χ2n) is 4.41. The highest BCUT2D eigenvalue weighted by atomic mass is 32.2. The van der Waals surface area contributed by atoms with Gasteiger partial charge in [0.15, 0.2) is 0 Å². The first kappa shape index (κ1) is 14.4. The largest absolute Gasteiger partial charge is 0.369 e. The van der Waals surface area contributed by atoms with Crippen LogP contribution in [0.4, 0.5) is 5.69 Å². The number of rotatable bonds is 5. The molecule has 0 aliphatic heterocycles. The zero-order chi connectivity index (χ0) is 14.4. The lowest BCUT2D eigenvalue weighted by Gasteiger charge is -2.21. The van der Waals surface area contributed by atoms with Crippen molar-refractivity contribution >= 4 is 17.4 Å². The highest BCUT2D eigenvalue weighted by molar-refractivity contribution is 7.99. The van der Waals surface area contributed by atoms with Crippen LogP contribution in [0, 0.1) is 11.3 Å². The maximum Gasteiger partial charge on any atom is 0.103 e. The molecule has 1 heterocycles. The molecule has 0 fully saturated rings. The number of aromatic nitrogens is 1. The Morgan fingerprint density at radius 1 is 1.25 bits per heavy atom. The van der Waals surface area contributed by atoms with Gasteiger partial charge in [-0.3, -0.25) is 4.98 Å². The number of pyridine rings is 1. The summed E-state index contributed by atoms with van der Waals surface area (Å²) in [6.07, 6.45) is 3.58. The number of nitrogens with zero attached hydrogens (tertiary/aromatic N) is 3. The number of anilines is 1. The maximum absolute atomic E-state index is 9.44. The smallest absolute Gasteiger partial charge is 0.103 e. The van der Waals surface area contributed by atoms with Crippen LogP contribution in [-0.4, -0.2) is 17.8 Å². The average Bonchev–Trinajstić information content (AvgIpc) is 2.48. The van der Waals surface area contributed by atoms with Crippen LogP contribution < -0.4 is 4.90 Å². The van der Waals surface area contributed by atoms with Crippen molar-refractivity contribution in [2.75, 3.05) is 17.7 Å². The van der Waals surface area contributed by atoms with Gasteiger partial charge in [-0.05, 0) is 35.6 Å². The molecule has 0 N–H and O–H groups in total. The first-order valence-corrected chi connectivity index (χ1v) is 7.50. The monoisotopic (exact) mass is 283 g/mol. The van der Waals surface area contributed by atoms with Crippen LogP contribution in [-0.2, 0) is 6.54 Å². The van der Waals surface area contributed by atoms with Gasteiger partial charge in [-0.25, -0.2) is 0 Å². The molecule has 0 saturated heterocycles. The third-order valence-electron chi connectivity index (χ3n) is 3.00. The van der Waals surface area contributed by atoms with E-state index in [4.69, 9.17) is 0 Å². The van der Waals surface area contributed by atoms with Crippen LogP contribution >= 0.6 is 11.8 Å². The zero-order valence-electron chi connectivity index (χ0n) is 11.7. The number of nitriles is 1. The number of benzene rings is 1. The van der Waals surface area contributed by atoms with Gasteiger partial charge in [-0.2, -0.15) is 5.26 Å². The lowest BCUT2D eigenvalue weighted by Crippen LogP contribution is -2.17. The fourth-order valence-corrected chi connectivity index (χ4v) is 2.85. The molecular weight excluding hydrogens is 266 g/mol. The molecule has 0 bridgehead atoms. The van der Waals surface area contributed by atoms with E-state index < -0.39 is 0 Å².